The molecule has 2 N–H and O–H groups in total. The van der Waals surface area contributed by atoms with Crippen LogP contribution in [-0.2, 0) is 9.53 Å². The van der Waals surface area contributed by atoms with Crippen LogP contribution in [0.5, 0.6) is 5.75 Å². The maximum Gasteiger partial charge on any atom is 0.326 e. The summed E-state index contributed by atoms with van der Waals surface area (Å²) in [5.74, 6) is -0.794. The van der Waals surface area contributed by atoms with Crippen molar-refractivity contribution in [3.63, 3.8) is 0 Å². The SMILES string of the molecule is COCCOc1ccc(C(=O)NC(CCC(C)(C)C)C(=O)O)cc1. The molecular weight excluding hydrogens is 310 g/mol. The van der Waals surface area contributed by atoms with Gasteiger partial charge in [-0.2, -0.15) is 0 Å². The number of hydrogen-bond acceptors (Lipinski definition) is 4. The highest BCUT2D eigenvalue weighted by molar-refractivity contribution is 5.96. The minimum atomic E-state index is -1.02. The van der Waals surface area contributed by atoms with E-state index in [1.165, 1.54) is 0 Å². The molecule has 0 saturated heterocycles. The van der Waals surface area contributed by atoms with E-state index in [1.807, 2.05) is 20.8 Å². The lowest BCUT2D eigenvalue weighted by atomic mass is 9.88. The molecule has 1 unspecified atom stereocenters. The van der Waals surface area contributed by atoms with Crippen molar-refractivity contribution < 1.29 is 24.2 Å². The van der Waals surface area contributed by atoms with Crippen molar-refractivity contribution in [3.8, 4) is 5.75 Å². The van der Waals surface area contributed by atoms with Gasteiger partial charge in [0.05, 0.1) is 6.61 Å². The molecule has 1 atom stereocenters. The first-order chi connectivity index (χ1) is 11.2. The molecule has 6 nitrogen and oxygen atoms in total. The smallest absolute Gasteiger partial charge is 0.326 e. The van der Waals surface area contributed by atoms with Crippen LogP contribution in [-0.4, -0.2) is 43.3 Å². The average molecular weight is 337 g/mol. The van der Waals surface area contributed by atoms with Crippen LogP contribution in [0, 0.1) is 5.41 Å². The monoisotopic (exact) mass is 337 g/mol. The summed E-state index contributed by atoms with van der Waals surface area (Å²) in [6, 6.07) is 5.68. The Morgan fingerprint density at radius 2 is 1.79 bits per heavy atom. The minimum Gasteiger partial charge on any atom is -0.491 e. The first-order valence-electron chi connectivity index (χ1n) is 7.98. The Balaban J connectivity index is 2.62. The van der Waals surface area contributed by atoms with Gasteiger partial charge in [-0.05, 0) is 42.5 Å². The molecule has 0 fully saturated rings. The van der Waals surface area contributed by atoms with E-state index >= 15 is 0 Å². The van der Waals surface area contributed by atoms with E-state index in [0.29, 0.717) is 37.4 Å². The van der Waals surface area contributed by atoms with Crippen molar-refractivity contribution in [2.45, 2.75) is 39.7 Å². The molecule has 0 spiro atoms. The van der Waals surface area contributed by atoms with Gasteiger partial charge in [0.2, 0.25) is 0 Å². The Kier molecular flexibility index (Phi) is 7.71. The second-order valence-corrected chi connectivity index (χ2v) is 6.83. The molecule has 0 heterocycles. The molecule has 1 rings (SSSR count). The molecule has 1 amide bonds. The first-order valence-corrected chi connectivity index (χ1v) is 7.98. The Bertz CT molecular complexity index is 533. The van der Waals surface area contributed by atoms with Gasteiger partial charge in [0.15, 0.2) is 0 Å². The molecule has 0 aliphatic carbocycles. The minimum absolute atomic E-state index is 0.0135. The zero-order valence-electron chi connectivity index (χ0n) is 14.8. The highest BCUT2D eigenvalue weighted by atomic mass is 16.5. The van der Waals surface area contributed by atoms with Gasteiger partial charge in [0, 0.05) is 12.7 Å². The summed E-state index contributed by atoms with van der Waals surface area (Å²) in [6.45, 7) is 7.02. The number of carbonyl (C=O) groups excluding carboxylic acids is 1. The maximum atomic E-state index is 12.2. The fourth-order valence-electron chi connectivity index (χ4n) is 2.02. The largest absolute Gasteiger partial charge is 0.491 e. The number of aliphatic carboxylic acids is 1. The van der Waals surface area contributed by atoms with Gasteiger partial charge in [-0.1, -0.05) is 20.8 Å². The van der Waals surface area contributed by atoms with Crippen LogP contribution in [0.4, 0.5) is 0 Å². The molecular formula is C18H27NO5. The zero-order chi connectivity index (χ0) is 18.2. The lowest BCUT2D eigenvalue weighted by Crippen LogP contribution is -2.41. The molecule has 0 aromatic heterocycles. The molecule has 0 aliphatic rings. The molecule has 0 bridgehead atoms. The molecule has 24 heavy (non-hydrogen) atoms. The molecule has 1 aromatic carbocycles. The predicted octanol–water partition coefficient (Wildman–Crippen LogP) is 2.72. The van der Waals surface area contributed by atoms with Crippen LogP contribution in [0.3, 0.4) is 0 Å². The Morgan fingerprint density at radius 1 is 1.17 bits per heavy atom. The second-order valence-electron chi connectivity index (χ2n) is 6.83. The Morgan fingerprint density at radius 3 is 2.29 bits per heavy atom. The highest BCUT2D eigenvalue weighted by Crippen LogP contribution is 2.22. The third-order valence-electron chi connectivity index (χ3n) is 3.46. The second kappa shape index (κ2) is 9.27. The van der Waals surface area contributed by atoms with Gasteiger partial charge < -0.3 is 19.9 Å². The van der Waals surface area contributed by atoms with E-state index in [2.05, 4.69) is 5.32 Å². The lowest BCUT2D eigenvalue weighted by Gasteiger charge is -2.21. The van der Waals surface area contributed by atoms with E-state index in [0.717, 1.165) is 0 Å². The van der Waals surface area contributed by atoms with Crippen molar-refractivity contribution in [1.29, 1.82) is 0 Å². The predicted molar refractivity (Wildman–Crippen MR) is 91.4 cm³/mol. The number of benzene rings is 1. The van der Waals surface area contributed by atoms with Crippen molar-refractivity contribution in [2.75, 3.05) is 20.3 Å². The molecule has 6 heteroatoms. The standard InChI is InChI=1S/C18H27NO5/c1-18(2,3)10-9-15(17(21)22)19-16(20)13-5-7-14(8-6-13)24-12-11-23-4/h5-8,15H,9-12H2,1-4H3,(H,19,20)(H,21,22). The van der Waals surface area contributed by atoms with E-state index in [-0.39, 0.29) is 5.41 Å². The van der Waals surface area contributed by atoms with Crippen LogP contribution in [0.25, 0.3) is 0 Å². The summed E-state index contributed by atoms with van der Waals surface area (Å²) in [5, 5.41) is 11.9. The number of hydrogen-bond donors (Lipinski definition) is 2. The summed E-state index contributed by atoms with van der Waals surface area (Å²) < 4.78 is 10.3. The number of rotatable bonds is 9. The fraction of sp³-hybridized carbons (Fsp3) is 0.556. The maximum absolute atomic E-state index is 12.2. The third-order valence-corrected chi connectivity index (χ3v) is 3.46. The fourth-order valence-corrected chi connectivity index (χ4v) is 2.02. The van der Waals surface area contributed by atoms with Gasteiger partial charge in [-0.3, -0.25) is 4.79 Å². The van der Waals surface area contributed by atoms with Gasteiger partial charge in [0.25, 0.3) is 5.91 Å². The number of amides is 1. The molecule has 0 aliphatic heterocycles. The molecule has 134 valence electrons. The van der Waals surface area contributed by atoms with Crippen LogP contribution in [0.15, 0.2) is 24.3 Å². The molecule has 0 radical (unpaired) electrons. The van der Waals surface area contributed by atoms with Gasteiger partial charge >= 0.3 is 5.97 Å². The number of carboxylic acids is 1. The zero-order valence-corrected chi connectivity index (χ0v) is 14.8. The average Bonchev–Trinajstić information content (AvgIpc) is 2.51. The van der Waals surface area contributed by atoms with E-state index < -0.39 is 17.9 Å². The van der Waals surface area contributed by atoms with E-state index in [9.17, 15) is 14.7 Å². The van der Waals surface area contributed by atoms with Crippen LogP contribution in [0.2, 0.25) is 0 Å². The lowest BCUT2D eigenvalue weighted by molar-refractivity contribution is -0.139. The summed E-state index contributed by atoms with van der Waals surface area (Å²) >= 11 is 0. The number of ether oxygens (including phenoxy) is 2. The number of nitrogens with one attached hydrogen (secondary N) is 1. The first kappa shape index (κ1) is 20.0. The van der Waals surface area contributed by atoms with Crippen molar-refractivity contribution in [2.24, 2.45) is 5.41 Å². The molecule has 1 aromatic rings. The molecule has 0 saturated carbocycles. The number of methoxy groups -OCH3 is 1. The number of carboxylic acid groups (broad SMARTS) is 1. The summed E-state index contributed by atoms with van der Waals surface area (Å²) in [7, 11) is 1.59. The summed E-state index contributed by atoms with van der Waals surface area (Å²) in [6.07, 6.45) is 1.10. The van der Waals surface area contributed by atoms with Crippen LogP contribution < -0.4 is 10.1 Å². The Labute approximate surface area is 143 Å². The summed E-state index contributed by atoms with van der Waals surface area (Å²) in [4.78, 5) is 23.6. The van der Waals surface area contributed by atoms with E-state index in [1.54, 1.807) is 31.4 Å². The van der Waals surface area contributed by atoms with Crippen molar-refractivity contribution in [1.82, 2.24) is 5.32 Å². The van der Waals surface area contributed by atoms with Crippen LogP contribution >= 0.6 is 0 Å². The Hall–Kier alpha value is -2.08. The highest BCUT2D eigenvalue weighted by Gasteiger charge is 2.23. The van der Waals surface area contributed by atoms with Crippen molar-refractivity contribution >= 4 is 11.9 Å². The quantitative estimate of drug-likeness (QED) is 0.677. The third kappa shape index (κ3) is 7.46. The number of carbonyl (C=O) groups is 2. The van der Waals surface area contributed by atoms with Gasteiger partial charge in [0.1, 0.15) is 18.4 Å². The summed E-state index contributed by atoms with van der Waals surface area (Å²) in [5.41, 5.74) is 0.413. The van der Waals surface area contributed by atoms with Crippen LogP contribution in [0.1, 0.15) is 44.0 Å². The topological polar surface area (TPSA) is 84.9 Å². The van der Waals surface area contributed by atoms with Gasteiger partial charge in [-0.25, -0.2) is 4.79 Å². The van der Waals surface area contributed by atoms with E-state index in [4.69, 9.17) is 9.47 Å². The van der Waals surface area contributed by atoms with Gasteiger partial charge in [-0.15, -0.1) is 0 Å². The van der Waals surface area contributed by atoms with Crippen molar-refractivity contribution in [3.05, 3.63) is 29.8 Å². The normalized spacial score (nSPS) is 12.5.